The summed E-state index contributed by atoms with van der Waals surface area (Å²) >= 11 is 0. The second-order valence-electron chi connectivity index (χ2n) is 6.29. The van der Waals surface area contributed by atoms with E-state index < -0.39 is 35.2 Å². The Labute approximate surface area is 157 Å². The van der Waals surface area contributed by atoms with Crippen LogP contribution in [0.2, 0.25) is 0 Å². The van der Waals surface area contributed by atoms with Crippen LogP contribution in [0.5, 0.6) is 0 Å². The van der Waals surface area contributed by atoms with Gasteiger partial charge in [-0.3, -0.25) is 9.59 Å². The Bertz CT molecular complexity index is 905. The zero-order valence-electron chi connectivity index (χ0n) is 14.5. The van der Waals surface area contributed by atoms with Crippen molar-refractivity contribution in [2.75, 3.05) is 26.2 Å². The molecular weight excluding hydrogens is 383 g/mol. The molecule has 0 bridgehead atoms. The Hall–Kier alpha value is -2.97. The molecule has 0 radical (unpaired) electrons. The molecule has 148 valence electrons. The summed E-state index contributed by atoms with van der Waals surface area (Å²) in [5.41, 5.74) is -1.29. The highest BCUT2D eigenvalue weighted by molar-refractivity contribution is 5.96. The molecule has 0 spiro atoms. The van der Waals surface area contributed by atoms with Gasteiger partial charge in [-0.05, 0) is 30.3 Å². The van der Waals surface area contributed by atoms with Gasteiger partial charge in [0.15, 0.2) is 0 Å². The largest absolute Gasteiger partial charge is 0.416 e. The summed E-state index contributed by atoms with van der Waals surface area (Å²) < 4.78 is 65.2. The van der Waals surface area contributed by atoms with Crippen LogP contribution in [0.4, 0.5) is 22.0 Å². The minimum atomic E-state index is -4.55. The number of amides is 2. The number of carbonyl (C=O) groups is 2. The predicted molar refractivity (Wildman–Crippen MR) is 89.6 cm³/mol. The first-order chi connectivity index (χ1) is 13.2. The van der Waals surface area contributed by atoms with Gasteiger partial charge in [-0.25, -0.2) is 8.78 Å². The van der Waals surface area contributed by atoms with Crippen molar-refractivity contribution >= 4 is 11.8 Å². The lowest BCUT2D eigenvalue weighted by molar-refractivity contribution is -0.137. The quantitative estimate of drug-likeness (QED) is 0.726. The van der Waals surface area contributed by atoms with E-state index in [9.17, 15) is 31.5 Å². The summed E-state index contributed by atoms with van der Waals surface area (Å²) in [6.07, 6.45) is -4.55. The first-order valence-electron chi connectivity index (χ1n) is 8.37. The highest BCUT2D eigenvalue weighted by Crippen LogP contribution is 2.29. The number of carbonyl (C=O) groups excluding carboxylic acids is 2. The topological polar surface area (TPSA) is 40.6 Å². The molecule has 0 aliphatic carbocycles. The molecule has 1 fully saturated rings. The van der Waals surface area contributed by atoms with Gasteiger partial charge in [0.25, 0.3) is 11.8 Å². The molecule has 4 nitrogen and oxygen atoms in total. The number of hydrogen-bond donors (Lipinski definition) is 0. The number of piperazine rings is 1. The summed E-state index contributed by atoms with van der Waals surface area (Å²) in [6.45, 7) is 0.341. The maximum absolute atomic E-state index is 13.8. The van der Waals surface area contributed by atoms with Gasteiger partial charge in [0.2, 0.25) is 0 Å². The lowest BCUT2D eigenvalue weighted by Gasteiger charge is -2.35. The van der Waals surface area contributed by atoms with Gasteiger partial charge in [-0.2, -0.15) is 13.2 Å². The molecule has 0 atom stereocenters. The van der Waals surface area contributed by atoms with Crippen LogP contribution in [0, 0.1) is 11.6 Å². The van der Waals surface area contributed by atoms with Crippen molar-refractivity contribution in [1.82, 2.24) is 9.80 Å². The van der Waals surface area contributed by atoms with Crippen molar-refractivity contribution in [2.45, 2.75) is 6.18 Å². The smallest absolute Gasteiger partial charge is 0.335 e. The van der Waals surface area contributed by atoms with Crippen molar-refractivity contribution in [3.63, 3.8) is 0 Å². The maximum atomic E-state index is 13.8. The normalized spacial score (nSPS) is 14.9. The zero-order chi connectivity index (χ0) is 20.5. The van der Waals surface area contributed by atoms with E-state index in [2.05, 4.69) is 0 Å². The fraction of sp³-hybridized carbons (Fsp3) is 0.263. The molecule has 0 unspecified atom stereocenters. The maximum Gasteiger partial charge on any atom is 0.416 e. The van der Waals surface area contributed by atoms with Gasteiger partial charge >= 0.3 is 6.18 Å². The molecule has 9 heteroatoms. The molecule has 0 aromatic heterocycles. The second kappa shape index (κ2) is 7.57. The van der Waals surface area contributed by atoms with Crippen molar-refractivity contribution in [3.8, 4) is 0 Å². The lowest BCUT2D eigenvalue weighted by atomic mass is 10.1. The molecule has 3 rings (SSSR count). The monoisotopic (exact) mass is 398 g/mol. The van der Waals surface area contributed by atoms with Crippen LogP contribution in [0.25, 0.3) is 0 Å². The van der Waals surface area contributed by atoms with E-state index >= 15 is 0 Å². The average molecular weight is 398 g/mol. The molecule has 2 aromatic rings. The highest BCUT2D eigenvalue weighted by atomic mass is 19.4. The van der Waals surface area contributed by atoms with Gasteiger partial charge in [0.05, 0.1) is 11.1 Å². The zero-order valence-corrected chi connectivity index (χ0v) is 14.5. The molecule has 2 amide bonds. The molecule has 1 saturated heterocycles. The number of hydrogen-bond acceptors (Lipinski definition) is 2. The summed E-state index contributed by atoms with van der Waals surface area (Å²) in [5.74, 6) is -2.99. The summed E-state index contributed by atoms with van der Waals surface area (Å²) in [7, 11) is 0. The standard InChI is InChI=1S/C19H15F5N2O2/c20-14-4-5-15(16(21)11-14)18(28)26-8-6-25(7-9-26)17(27)12-2-1-3-13(10-12)19(22,23)24/h1-5,10-11H,6-9H2. The van der Waals surface area contributed by atoms with Gasteiger partial charge in [-0.1, -0.05) is 6.07 Å². The second-order valence-corrected chi connectivity index (χ2v) is 6.29. The minimum absolute atomic E-state index is 0.0837. The minimum Gasteiger partial charge on any atom is -0.335 e. The molecule has 28 heavy (non-hydrogen) atoms. The number of benzene rings is 2. The molecule has 1 heterocycles. The molecule has 1 aliphatic rings. The van der Waals surface area contributed by atoms with Crippen LogP contribution in [0.15, 0.2) is 42.5 Å². The van der Waals surface area contributed by atoms with Crippen molar-refractivity contribution in [1.29, 1.82) is 0 Å². The number of nitrogens with zero attached hydrogens (tertiary/aromatic N) is 2. The fourth-order valence-corrected chi connectivity index (χ4v) is 2.96. The Kier molecular flexibility index (Phi) is 5.35. The number of rotatable bonds is 2. The van der Waals surface area contributed by atoms with Gasteiger partial charge in [-0.15, -0.1) is 0 Å². The number of halogens is 5. The average Bonchev–Trinajstić information content (AvgIpc) is 2.66. The Morgan fingerprint density at radius 1 is 0.821 bits per heavy atom. The van der Waals surface area contributed by atoms with Crippen LogP contribution >= 0.6 is 0 Å². The fourth-order valence-electron chi connectivity index (χ4n) is 2.96. The number of alkyl halides is 3. The van der Waals surface area contributed by atoms with Crippen LogP contribution in [0.3, 0.4) is 0 Å². The SMILES string of the molecule is O=C(c1cccc(C(F)(F)F)c1)N1CCN(C(=O)c2ccc(F)cc2F)CC1. The molecule has 2 aromatic carbocycles. The van der Waals surface area contributed by atoms with Crippen molar-refractivity contribution in [2.24, 2.45) is 0 Å². The van der Waals surface area contributed by atoms with Gasteiger partial charge in [0, 0.05) is 37.8 Å². The third-order valence-corrected chi connectivity index (χ3v) is 4.45. The molecule has 0 saturated carbocycles. The van der Waals surface area contributed by atoms with Crippen LogP contribution < -0.4 is 0 Å². The molecule has 1 aliphatic heterocycles. The Morgan fingerprint density at radius 3 is 2.00 bits per heavy atom. The highest BCUT2D eigenvalue weighted by Gasteiger charge is 2.32. The van der Waals surface area contributed by atoms with Crippen molar-refractivity contribution in [3.05, 3.63) is 70.8 Å². The molecular formula is C19H15F5N2O2. The first kappa shape index (κ1) is 19.8. The third kappa shape index (κ3) is 4.13. The van der Waals surface area contributed by atoms with E-state index in [1.165, 1.54) is 15.9 Å². The lowest BCUT2D eigenvalue weighted by Crippen LogP contribution is -2.50. The van der Waals surface area contributed by atoms with E-state index in [-0.39, 0.29) is 37.3 Å². The van der Waals surface area contributed by atoms with Crippen LogP contribution in [-0.4, -0.2) is 47.8 Å². The Balaban J connectivity index is 1.67. The summed E-state index contributed by atoms with van der Waals surface area (Å²) in [6, 6.07) is 6.76. The van der Waals surface area contributed by atoms with Crippen molar-refractivity contribution < 1.29 is 31.5 Å². The third-order valence-electron chi connectivity index (χ3n) is 4.45. The van der Waals surface area contributed by atoms with E-state index in [0.717, 1.165) is 30.3 Å². The van der Waals surface area contributed by atoms with E-state index in [0.29, 0.717) is 6.07 Å². The first-order valence-corrected chi connectivity index (χ1v) is 8.37. The van der Waals surface area contributed by atoms with E-state index in [1.807, 2.05) is 0 Å². The van der Waals surface area contributed by atoms with E-state index in [4.69, 9.17) is 0 Å². The predicted octanol–water partition coefficient (Wildman–Crippen LogP) is 3.58. The van der Waals surface area contributed by atoms with Crippen LogP contribution in [-0.2, 0) is 6.18 Å². The Morgan fingerprint density at radius 2 is 1.43 bits per heavy atom. The van der Waals surface area contributed by atoms with Gasteiger partial charge < -0.3 is 9.80 Å². The van der Waals surface area contributed by atoms with E-state index in [1.54, 1.807) is 0 Å². The van der Waals surface area contributed by atoms with Gasteiger partial charge in [0.1, 0.15) is 11.6 Å². The van der Waals surface area contributed by atoms with Crippen LogP contribution in [0.1, 0.15) is 26.3 Å². The molecule has 0 N–H and O–H groups in total. The summed E-state index contributed by atoms with van der Waals surface area (Å²) in [4.78, 5) is 27.5. The summed E-state index contributed by atoms with van der Waals surface area (Å²) in [5, 5.41) is 0.